The summed E-state index contributed by atoms with van der Waals surface area (Å²) in [6.07, 6.45) is 10.6. The van der Waals surface area contributed by atoms with Gasteiger partial charge in [0.05, 0.1) is 0 Å². The Labute approximate surface area is 98.5 Å². The van der Waals surface area contributed by atoms with Gasteiger partial charge in [-0.05, 0) is 49.4 Å². The monoisotopic (exact) mass is 218 g/mol. The molecule has 0 bridgehead atoms. The topological polar surface area (TPSA) is 24.9 Å². The number of hydrogen-bond donors (Lipinski definition) is 1. The summed E-state index contributed by atoms with van der Waals surface area (Å²) in [5, 5.41) is 3.59. The van der Waals surface area contributed by atoms with Gasteiger partial charge in [-0.15, -0.1) is 0 Å². The smallest absolute Gasteiger partial charge is 0.0270 e. The first-order chi connectivity index (χ1) is 7.88. The molecule has 1 aliphatic rings. The molecule has 0 amide bonds. The summed E-state index contributed by atoms with van der Waals surface area (Å²) >= 11 is 0. The van der Waals surface area contributed by atoms with E-state index in [4.69, 9.17) is 0 Å². The molecule has 1 atom stereocenters. The summed E-state index contributed by atoms with van der Waals surface area (Å²) in [7, 11) is 0. The van der Waals surface area contributed by atoms with Crippen molar-refractivity contribution in [3.05, 3.63) is 30.1 Å². The van der Waals surface area contributed by atoms with E-state index in [-0.39, 0.29) is 0 Å². The van der Waals surface area contributed by atoms with Crippen molar-refractivity contribution in [2.24, 2.45) is 5.92 Å². The lowest BCUT2D eigenvalue weighted by atomic mass is 10.0. The molecule has 1 aromatic heterocycles. The Morgan fingerprint density at radius 2 is 2.12 bits per heavy atom. The molecular weight excluding hydrogens is 196 g/mol. The standard InChI is InChI=1S/C14H22N2/c1-2-16-14(6-5-12-3-4-12)11-13-7-9-15-10-8-13/h7-10,12,14,16H,2-6,11H2,1H3. The fourth-order valence-electron chi connectivity index (χ4n) is 2.21. The number of pyridine rings is 1. The number of rotatable bonds is 7. The lowest BCUT2D eigenvalue weighted by Gasteiger charge is -2.17. The predicted octanol–water partition coefficient (Wildman–Crippen LogP) is 2.79. The molecule has 16 heavy (non-hydrogen) atoms. The Bertz CT molecular complexity index is 293. The molecular formula is C14H22N2. The van der Waals surface area contributed by atoms with Crippen molar-refractivity contribution in [1.29, 1.82) is 0 Å². The van der Waals surface area contributed by atoms with Crippen LogP contribution in [0, 0.1) is 5.92 Å². The molecule has 2 heteroatoms. The first-order valence-electron chi connectivity index (χ1n) is 6.50. The molecule has 1 aliphatic carbocycles. The highest BCUT2D eigenvalue weighted by atomic mass is 14.9. The maximum absolute atomic E-state index is 4.06. The van der Waals surface area contributed by atoms with Gasteiger partial charge in [-0.1, -0.05) is 19.8 Å². The molecule has 2 rings (SSSR count). The van der Waals surface area contributed by atoms with Crippen molar-refractivity contribution in [2.75, 3.05) is 6.54 Å². The zero-order valence-corrected chi connectivity index (χ0v) is 10.2. The molecule has 0 aromatic carbocycles. The third-order valence-corrected chi connectivity index (χ3v) is 3.34. The number of nitrogens with one attached hydrogen (secondary N) is 1. The minimum Gasteiger partial charge on any atom is -0.314 e. The van der Waals surface area contributed by atoms with Gasteiger partial charge in [0.2, 0.25) is 0 Å². The van der Waals surface area contributed by atoms with Crippen LogP contribution in [0.1, 0.15) is 38.2 Å². The van der Waals surface area contributed by atoms with Gasteiger partial charge in [-0.2, -0.15) is 0 Å². The van der Waals surface area contributed by atoms with Gasteiger partial charge in [-0.25, -0.2) is 0 Å². The van der Waals surface area contributed by atoms with Gasteiger partial charge in [0.25, 0.3) is 0 Å². The van der Waals surface area contributed by atoms with Crippen molar-refractivity contribution >= 4 is 0 Å². The van der Waals surface area contributed by atoms with E-state index in [0.29, 0.717) is 6.04 Å². The highest BCUT2D eigenvalue weighted by Crippen LogP contribution is 2.34. The molecule has 1 saturated carbocycles. The van der Waals surface area contributed by atoms with Gasteiger partial charge in [0.15, 0.2) is 0 Å². The van der Waals surface area contributed by atoms with Crippen LogP contribution in [0.4, 0.5) is 0 Å². The Morgan fingerprint density at radius 1 is 1.38 bits per heavy atom. The molecule has 1 N–H and O–H groups in total. The Hall–Kier alpha value is -0.890. The lowest BCUT2D eigenvalue weighted by molar-refractivity contribution is 0.462. The molecule has 2 nitrogen and oxygen atoms in total. The summed E-state index contributed by atoms with van der Waals surface area (Å²) in [6.45, 7) is 3.26. The number of likely N-dealkylation sites (N-methyl/N-ethyl adjacent to an activating group) is 1. The molecule has 0 radical (unpaired) electrons. The third-order valence-electron chi connectivity index (χ3n) is 3.34. The van der Waals surface area contributed by atoms with Gasteiger partial charge in [0, 0.05) is 18.4 Å². The van der Waals surface area contributed by atoms with E-state index in [9.17, 15) is 0 Å². The van der Waals surface area contributed by atoms with E-state index >= 15 is 0 Å². The maximum atomic E-state index is 4.06. The van der Waals surface area contributed by atoms with Crippen LogP contribution < -0.4 is 5.32 Å². The fourth-order valence-corrected chi connectivity index (χ4v) is 2.21. The van der Waals surface area contributed by atoms with Crippen molar-refractivity contribution in [3.63, 3.8) is 0 Å². The normalized spacial score (nSPS) is 17.3. The first kappa shape index (κ1) is 11.6. The van der Waals surface area contributed by atoms with Gasteiger partial charge in [-0.3, -0.25) is 4.98 Å². The Balaban J connectivity index is 1.80. The zero-order chi connectivity index (χ0) is 11.2. The largest absolute Gasteiger partial charge is 0.314 e. The highest BCUT2D eigenvalue weighted by Gasteiger charge is 2.22. The van der Waals surface area contributed by atoms with E-state index in [2.05, 4.69) is 29.4 Å². The van der Waals surface area contributed by atoms with Crippen LogP contribution in [-0.2, 0) is 6.42 Å². The predicted molar refractivity (Wildman–Crippen MR) is 67.4 cm³/mol. The fraction of sp³-hybridized carbons (Fsp3) is 0.643. The minimum absolute atomic E-state index is 0.646. The molecule has 88 valence electrons. The maximum Gasteiger partial charge on any atom is 0.0270 e. The highest BCUT2D eigenvalue weighted by molar-refractivity contribution is 5.11. The van der Waals surface area contributed by atoms with Crippen LogP contribution in [0.2, 0.25) is 0 Å². The average molecular weight is 218 g/mol. The van der Waals surface area contributed by atoms with E-state index in [1.807, 2.05) is 12.4 Å². The Kier molecular flexibility index (Phi) is 4.34. The second kappa shape index (κ2) is 6.00. The number of hydrogen-bond acceptors (Lipinski definition) is 2. The van der Waals surface area contributed by atoms with Gasteiger partial charge >= 0.3 is 0 Å². The molecule has 1 unspecified atom stereocenters. The summed E-state index contributed by atoms with van der Waals surface area (Å²) < 4.78 is 0. The van der Waals surface area contributed by atoms with Crippen molar-refractivity contribution < 1.29 is 0 Å². The number of nitrogens with zero attached hydrogens (tertiary/aromatic N) is 1. The molecule has 0 saturated heterocycles. The van der Waals surface area contributed by atoms with Crippen molar-refractivity contribution in [1.82, 2.24) is 10.3 Å². The first-order valence-corrected chi connectivity index (χ1v) is 6.50. The van der Waals surface area contributed by atoms with E-state index < -0.39 is 0 Å². The minimum atomic E-state index is 0.646. The van der Waals surface area contributed by atoms with Crippen LogP contribution in [0.25, 0.3) is 0 Å². The molecule has 1 aromatic rings. The lowest BCUT2D eigenvalue weighted by Crippen LogP contribution is -2.31. The van der Waals surface area contributed by atoms with Crippen molar-refractivity contribution in [2.45, 2.75) is 45.1 Å². The number of aromatic nitrogens is 1. The van der Waals surface area contributed by atoms with Crippen LogP contribution >= 0.6 is 0 Å². The van der Waals surface area contributed by atoms with E-state index in [1.165, 1.54) is 31.2 Å². The second-order valence-electron chi connectivity index (χ2n) is 4.83. The summed E-state index contributed by atoms with van der Waals surface area (Å²) in [5.41, 5.74) is 1.40. The second-order valence-corrected chi connectivity index (χ2v) is 4.83. The zero-order valence-electron chi connectivity index (χ0n) is 10.2. The summed E-state index contributed by atoms with van der Waals surface area (Å²) in [4.78, 5) is 4.06. The van der Waals surface area contributed by atoms with Crippen LogP contribution in [0.3, 0.4) is 0 Å². The Morgan fingerprint density at radius 3 is 2.75 bits per heavy atom. The summed E-state index contributed by atoms with van der Waals surface area (Å²) in [5.74, 6) is 1.04. The summed E-state index contributed by atoms with van der Waals surface area (Å²) in [6, 6.07) is 4.90. The van der Waals surface area contributed by atoms with E-state index in [1.54, 1.807) is 0 Å². The quantitative estimate of drug-likeness (QED) is 0.761. The average Bonchev–Trinajstić information content (AvgIpc) is 3.11. The van der Waals surface area contributed by atoms with Crippen LogP contribution in [0.15, 0.2) is 24.5 Å². The molecule has 0 spiro atoms. The SMILES string of the molecule is CCNC(CCC1CC1)Cc1ccncc1. The van der Waals surface area contributed by atoms with E-state index in [0.717, 1.165) is 18.9 Å². The van der Waals surface area contributed by atoms with Gasteiger partial charge < -0.3 is 5.32 Å². The van der Waals surface area contributed by atoms with Gasteiger partial charge in [0.1, 0.15) is 0 Å². The molecule has 0 aliphatic heterocycles. The van der Waals surface area contributed by atoms with Crippen molar-refractivity contribution in [3.8, 4) is 0 Å². The van der Waals surface area contributed by atoms with Crippen LogP contribution in [-0.4, -0.2) is 17.6 Å². The molecule has 1 fully saturated rings. The van der Waals surface area contributed by atoms with Crippen LogP contribution in [0.5, 0.6) is 0 Å². The molecule has 1 heterocycles. The third kappa shape index (κ3) is 3.93.